The fourth-order valence-electron chi connectivity index (χ4n) is 6.53. The van der Waals surface area contributed by atoms with E-state index in [9.17, 15) is 0 Å². The summed E-state index contributed by atoms with van der Waals surface area (Å²) in [6.45, 7) is 23.3. The van der Waals surface area contributed by atoms with Crippen molar-refractivity contribution in [3.8, 4) is 0 Å². The molecule has 2 aliphatic heterocycles. The highest BCUT2D eigenvalue weighted by Crippen LogP contribution is 2.44. The second kappa shape index (κ2) is 9.47. The van der Waals surface area contributed by atoms with Gasteiger partial charge in [-0.15, -0.1) is 0 Å². The van der Waals surface area contributed by atoms with E-state index in [4.69, 9.17) is 0 Å². The molecule has 0 saturated heterocycles. The third-order valence-corrected chi connectivity index (χ3v) is 8.51. The van der Waals surface area contributed by atoms with E-state index in [1.807, 2.05) is 0 Å². The van der Waals surface area contributed by atoms with Crippen LogP contribution in [-0.4, -0.2) is 13.1 Å². The number of hydrogen-bond acceptors (Lipinski definition) is 2. The predicted molar refractivity (Wildman–Crippen MR) is 166 cm³/mol. The molecule has 0 fully saturated rings. The summed E-state index contributed by atoms with van der Waals surface area (Å²) < 4.78 is 0. The van der Waals surface area contributed by atoms with Gasteiger partial charge in [-0.05, 0) is 100 Å². The Balaban J connectivity index is 1.66. The highest BCUT2D eigenvalue weighted by atomic mass is 15.2. The summed E-state index contributed by atoms with van der Waals surface area (Å²) in [6, 6.07) is 21.3. The number of hydrogen-bond donors (Lipinski definition) is 0. The lowest BCUT2D eigenvalue weighted by atomic mass is 9.80. The van der Waals surface area contributed by atoms with Gasteiger partial charge in [-0.25, -0.2) is 0 Å². The lowest BCUT2D eigenvalue weighted by molar-refractivity contribution is 0.576. The Labute approximate surface area is 232 Å². The Morgan fingerprint density at radius 1 is 0.526 bits per heavy atom. The fraction of sp³-hybridized carbons (Fsp3) is 0.500. The Bertz CT molecular complexity index is 1230. The van der Waals surface area contributed by atoms with Crippen LogP contribution in [0.25, 0.3) is 0 Å². The summed E-state index contributed by atoms with van der Waals surface area (Å²) in [6.07, 6.45) is 4.72. The molecule has 0 aliphatic carbocycles. The van der Waals surface area contributed by atoms with Gasteiger partial charge in [0, 0.05) is 35.8 Å². The van der Waals surface area contributed by atoms with Gasteiger partial charge in [-0.3, -0.25) is 0 Å². The third-order valence-electron chi connectivity index (χ3n) is 8.51. The minimum atomic E-state index is 0.0719. The van der Waals surface area contributed by atoms with E-state index in [2.05, 4.69) is 127 Å². The lowest BCUT2D eigenvalue weighted by Gasteiger charge is -2.38. The van der Waals surface area contributed by atoms with Crippen molar-refractivity contribution in [2.45, 2.75) is 104 Å². The Hall–Kier alpha value is -2.74. The van der Waals surface area contributed by atoms with Gasteiger partial charge < -0.3 is 9.80 Å². The molecule has 2 nitrogen and oxygen atoms in total. The molecule has 0 bridgehead atoms. The molecule has 202 valence electrons. The summed E-state index contributed by atoms with van der Waals surface area (Å²) >= 11 is 0. The van der Waals surface area contributed by atoms with E-state index in [1.54, 1.807) is 0 Å². The van der Waals surface area contributed by atoms with Crippen molar-refractivity contribution in [1.29, 1.82) is 0 Å². The molecule has 0 spiro atoms. The predicted octanol–water partition coefficient (Wildman–Crippen LogP) is 9.75. The van der Waals surface area contributed by atoms with Crippen LogP contribution in [-0.2, 0) is 29.1 Å². The van der Waals surface area contributed by atoms with Gasteiger partial charge in [0.15, 0.2) is 0 Å². The average molecular weight is 509 g/mol. The maximum absolute atomic E-state index is 2.60. The number of rotatable bonds is 2. The first-order chi connectivity index (χ1) is 17.7. The maximum Gasteiger partial charge on any atom is 0.0446 e. The Morgan fingerprint density at radius 2 is 0.947 bits per heavy atom. The molecular weight excluding hydrogens is 460 g/mol. The van der Waals surface area contributed by atoms with Crippen LogP contribution in [0.5, 0.6) is 0 Å². The summed E-state index contributed by atoms with van der Waals surface area (Å²) in [7, 11) is 0. The van der Waals surface area contributed by atoms with Crippen molar-refractivity contribution in [2.75, 3.05) is 22.9 Å². The molecule has 5 rings (SSSR count). The summed E-state index contributed by atoms with van der Waals surface area (Å²) in [5.74, 6) is 0. The van der Waals surface area contributed by atoms with E-state index >= 15 is 0 Å². The van der Waals surface area contributed by atoms with Gasteiger partial charge in [-0.2, -0.15) is 0 Å². The normalized spacial score (nSPS) is 16.3. The second-order valence-corrected chi connectivity index (χ2v) is 14.6. The quantitative estimate of drug-likeness (QED) is 0.340. The summed E-state index contributed by atoms with van der Waals surface area (Å²) in [5, 5.41) is 0. The minimum absolute atomic E-state index is 0.0719. The van der Waals surface area contributed by atoms with Crippen molar-refractivity contribution < 1.29 is 0 Å². The van der Waals surface area contributed by atoms with Crippen LogP contribution < -0.4 is 9.80 Å². The molecule has 0 unspecified atom stereocenters. The van der Waals surface area contributed by atoms with E-state index in [0.717, 1.165) is 13.1 Å². The molecule has 2 heteroatoms. The van der Waals surface area contributed by atoms with E-state index < -0.39 is 0 Å². The van der Waals surface area contributed by atoms with Crippen LogP contribution >= 0.6 is 0 Å². The van der Waals surface area contributed by atoms with Gasteiger partial charge in [-0.1, -0.05) is 86.6 Å². The Morgan fingerprint density at radius 3 is 1.32 bits per heavy atom. The SMILES string of the molecule is CC(C)(C)c1cc(N2CCCc3c2cccc3C(C)(C)C)cc(N2CCCc3c2cccc3C(C)(C)C)c1. The van der Waals surface area contributed by atoms with Gasteiger partial charge in [0.25, 0.3) is 0 Å². The molecule has 0 saturated carbocycles. The van der Waals surface area contributed by atoms with Crippen LogP contribution in [0.15, 0.2) is 54.6 Å². The number of benzene rings is 3. The largest absolute Gasteiger partial charge is 0.341 e. The molecule has 2 aliphatic rings. The van der Waals surface area contributed by atoms with Crippen molar-refractivity contribution in [1.82, 2.24) is 0 Å². The van der Waals surface area contributed by atoms with E-state index in [1.165, 1.54) is 76.3 Å². The van der Waals surface area contributed by atoms with Gasteiger partial charge in [0.2, 0.25) is 0 Å². The first-order valence-electron chi connectivity index (χ1n) is 14.7. The smallest absolute Gasteiger partial charge is 0.0446 e. The molecule has 0 N–H and O–H groups in total. The topological polar surface area (TPSA) is 6.48 Å². The molecular formula is C36H48N2. The lowest BCUT2D eigenvalue weighted by Crippen LogP contribution is -2.29. The second-order valence-electron chi connectivity index (χ2n) is 14.6. The highest BCUT2D eigenvalue weighted by molar-refractivity contribution is 5.77. The van der Waals surface area contributed by atoms with E-state index in [-0.39, 0.29) is 16.2 Å². The molecule has 2 heterocycles. The average Bonchev–Trinajstić information content (AvgIpc) is 2.85. The maximum atomic E-state index is 2.60. The van der Waals surface area contributed by atoms with Crippen LogP contribution in [0.3, 0.4) is 0 Å². The van der Waals surface area contributed by atoms with Crippen molar-refractivity contribution in [3.05, 3.63) is 82.4 Å². The molecule has 0 amide bonds. The van der Waals surface area contributed by atoms with Gasteiger partial charge in [0.05, 0.1) is 0 Å². The number of fused-ring (bicyclic) bond motifs is 2. The Kier molecular flexibility index (Phi) is 6.69. The van der Waals surface area contributed by atoms with Crippen molar-refractivity contribution >= 4 is 22.7 Å². The first kappa shape index (κ1) is 26.9. The van der Waals surface area contributed by atoms with Crippen LogP contribution in [0, 0.1) is 0 Å². The zero-order valence-electron chi connectivity index (χ0n) is 25.3. The summed E-state index contributed by atoms with van der Waals surface area (Å²) in [4.78, 5) is 5.20. The van der Waals surface area contributed by atoms with Crippen LogP contribution in [0.4, 0.5) is 22.7 Å². The summed E-state index contributed by atoms with van der Waals surface area (Å²) in [5.41, 5.74) is 13.3. The third kappa shape index (κ3) is 4.99. The number of anilines is 4. The van der Waals surface area contributed by atoms with Gasteiger partial charge >= 0.3 is 0 Å². The molecule has 3 aromatic rings. The van der Waals surface area contributed by atoms with Crippen molar-refractivity contribution in [2.24, 2.45) is 0 Å². The zero-order chi connectivity index (χ0) is 27.5. The minimum Gasteiger partial charge on any atom is -0.341 e. The molecule has 0 aromatic heterocycles. The number of nitrogens with zero attached hydrogens (tertiary/aromatic N) is 2. The molecule has 3 aromatic carbocycles. The van der Waals surface area contributed by atoms with Crippen LogP contribution in [0.1, 0.15) is 103 Å². The monoisotopic (exact) mass is 508 g/mol. The standard InChI is InChI=1S/C36H48N2/c1-34(2,3)25-22-26(37-20-12-14-28-30(35(4,5)6)16-10-18-32(28)37)24-27(23-25)38-21-13-15-29-31(36(7,8)9)17-11-19-33(29)38/h10-11,16-19,22-24H,12-15,20-21H2,1-9H3. The van der Waals surface area contributed by atoms with E-state index in [0.29, 0.717) is 0 Å². The highest BCUT2D eigenvalue weighted by Gasteiger charge is 2.29. The molecule has 0 atom stereocenters. The fourth-order valence-corrected chi connectivity index (χ4v) is 6.53. The first-order valence-corrected chi connectivity index (χ1v) is 14.7. The van der Waals surface area contributed by atoms with Crippen LogP contribution in [0.2, 0.25) is 0 Å². The zero-order valence-corrected chi connectivity index (χ0v) is 25.3. The van der Waals surface area contributed by atoms with Crippen molar-refractivity contribution in [3.63, 3.8) is 0 Å². The molecule has 38 heavy (non-hydrogen) atoms. The molecule has 0 radical (unpaired) electrons. The van der Waals surface area contributed by atoms with Gasteiger partial charge in [0.1, 0.15) is 0 Å².